The number of hydrogen-bond donors (Lipinski definition) is 0. The van der Waals surface area contributed by atoms with Crippen LogP contribution in [0.5, 0.6) is 5.75 Å². The fourth-order valence-corrected chi connectivity index (χ4v) is 5.20. The molecule has 156 valence electrons. The van der Waals surface area contributed by atoms with E-state index in [0.717, 1.165) is 41.9 Å². The topological polar surface area (TPSA) is 21.7 Å². The highest BCUT2D eigenvalue weighted by molar-refractivity contribution is 7.99. The van der Waals surface area contributed by atoms with Gasteiger partial charge in [-0.2, -0.15) is 0 Å². The van der Waals surface area contributed by atoms with Crippen molar-refractivity contribution in [2.75, 3.05) is 26.8 Å². The average Bonchev–Trinajstić information content (AvgIpc) is 2.79. The molecule has 0 amide bonds. The lowest BCUT2D eigenvalue weighted by Gasteiger charge is -2.37. The number of hydrogen-bond acceptors (Lipinski definition) is 4. The number of ether oxygens (including phenoxy) is 2. The van der Waals surface area contributed by atoms with E-state index in [9.17, 15) is 0 Å². The fraction of sp³-hybridized carbons (Fsp3) is 0.280. The molecule has 1 unspecified atom stereocenters. The number of nitrogens with zero attached hydrogens (tertiary/aromatic N) is 1. The summed E-state index contributed by atoms with van der Waals surface area (Å²) in [6.45, 7) is 3.49. The van der Waals surface area contributed by atoms with E-state index in [2.05, 4.69) is 53.4 Å². The zero-order valence-electron chi connectivity index (χ0n) is 17.0. The minimum absolute atomic E-state index is 0.0681. The van der Waals surface area contributed by atoms with Gasteiger partial charge in [0.2, 0.25) is 0 Å². The molecule has 3 aromatic carbocycles. The van der Waals surface area contributed by atoms with Gasteiger partial charge < -0.3 is 9.47 Å². The van der Waals surface area contributed by atoms with Crippen LogP contribution in [-0.2, 0) is 11.3 Å². The molecule has 5 heteroatoms. The Bertz CT molecular complexity index is 935. The van der Waals surface area contributed by atoms with Crippen LogP contribution >= 0.6 is 23.4 Å². The van der Waals surface area contributed by atoms with Crippen molar-refractivity contribution in [3.8, 4) is 5.75 Å². The first kappa shape index (κ1) is 21.3. The summed E-state index contributed by atoms with van der Waals surface area (Å²) in [5.41, 5.74) is 2.54. The third kappa shape index (κ3) is 5.38. The molecule has 1 aliphatic heterocycles. The van der Waals surface area contributed by atoms with Crippen molar-refractivity contribution in [1.29, 1.82) is 0 Å². The van der Waals surface area contributed by atoms with Crippen LogP contribution < -0.4 is 4.74 Å². The maximum absolute atomic E-state index is 6.30. The lowest BCUT2D eigenvalue weighted by molar-refractivity contribution is -0.0319. The number of thioether (sulfide) groups is 1. The summed E-state index contributed by atoms with van der Waals surface area (Å²) in [7, 11) is 1.72. The predicted octanol–water partition coefficient (Wildman–Crippen LogP) is 6.08. The van der Waals surface area contributed by atoms with Gasteiger partial charge in [0, 0.05) is 24.7 Å². The highest BCUT2D eigenvalue weighted by atomic mass is 35.5. The first-order valence-corrected chi connectivity index (χ1v) is 11.4. The molecule has 0 saturated carbocycles. The second-order valence-electron chi connectivity index (χ2n) is 7.37. The summed E-state index contributed by atoms with van der Waals surface area (Å²) in [4.78, 5) is 3.60. The Morgan fingerprint density at radius 1 is 1.03 bits per heavy atom. The summed E-state index contributed by atoms with van der Waals surface area (Å²) in [5.74, 6) is 0.887. The number of halogens is 1. The van der Waals surface area contributed by atoms with Crippen LogP contribution in [0, 0.1) is 0 Å². The van der Waals surface area contributed by atoms with Crippen LogP contribution in [0.25, 0.3) is 0 Å². The van der Waals surface area contributed by atoms with E-state index < -0.39 is 0 Å². The molecule has 0 spiro atoms. The van der Waals surface area contributed by atoms with E-state index >= 15 is 0 Å². The van der Waals surface area contributed by atoms with Crippen LogP contribution in [0.3, 0.4) is 0 Å². The molecule has 1 heterocycles. The van der Waals surface area contributed by atoms with Gasteiger partial charge in [0.25, 0.3) is 0 Å². The Kier molecular flexibility index (Phi) is 7.34. The molecule has 0 radical (unpaired) electrons. The third-order valence-corrected chi connectivity index (χ3v) is 6.96. The monoisotopic (exact) mass is 439 g/mol. The average molecular weight is 440 g/mol. The zero-order valence-corrected chi connectivity index (χ0v) is 18.6. The maximum Gasteiger partial charge on any atom is 0.132 e. The largest absolute Gasteiger partial charge is 0.496 e. The molecular weight excluding hydrogens is 414 g/mol. The molecule has 0 aliphatic carbocycles. The number of benzene rings is 3. The quantitative estimate of drug-likeness (QED) is 0.415. The van der Waals surface area contributed by atoms with Crippen molar-refractivity contribution in [3.05, 3.63) is 95.0 Å². The Labute approximate surface area is 188 Å². The van der Waals surface area contributed by atoms with E-state index in [1.165, 1.54) is 11.1 Å². The molecule has 0 aromatic heterocycles. The Hall–Kier alpha value is -1.98. The van der Waals surface area contributed by atoms with E-state index in [0.29, 0.717) is 0 Å². The van der Waals surface area contributed by atoms with Crippen molar-refractivity contribution in [3.63, 3.8) is 0 Å². The van der Waals surface area contributed by atoms with Gasteiger partial charge in [-0.3, -0.25) is 4.90 Å². The number of methoxy groups -OCH3 is 1. The van der Waals surface area contributed by atoms with Gasteiger partial charge in [-0.05, 0) is 35.4 Å². The second-order valence-corrected chi connectivity index (χ2v) is 8.99. The van der Waals surface area contributed by atoms with Crippen molar-refractivity contribution >= 4 is 23.4 Å². The summed E-state index contributed by atoms with van der Waals surface area (Å²) in [6, 6.07) is 26.9. The summed E-state index contributed by atoms with van der Waals surface area (Å²) in [5, 5.41) is 0.882. The highest BCUT2D eigenvalue weighted by Crippen LogP contribution is 2.43. The van der Waals surface area contributed by atoms with Crippen LogP contribution in [0.15, 0.2) is 83.8 Å². The van der Waals surface area contributed by atoms with E-state index in [4.69, 9.17) is 21.1 Å². The molecule has 1 fully saturated rings. The molecule has 4 rings (SSSR count). The van der Waals surface area contributed by atoms with Crippen LogP contribution in [0.1, 0.15) is 16.4 Å². The SMILES string of the molecule is COc1ccccc1S[C@H](c1ccc(Cl)cc1)C1CN(Cc2ccccc2)CCO1. The number of para-hydroxylation sites is 1. The Balaban J connectivity index is 1.57. The molecular formula is C25H26ClNO2S. The second kappa shape index (κ2) is 10.4. The highest BCUT2D eigenvalue weighted by Gasteiger charge is 2.31. The molecule has 3 aromatic rings. The van der Waals surface area contributed by atoms with Gasteiger partial charge in [0.05, 0.1) is 30.0 Å². The Morgan fingerprint density at radius 2 is 1.77 bits per heavy atom. The zero-order chi connectivity index (χ0) is 20.8. The molecule has 30 heavy (non-hydrogen) atoms. The van der Waals surface area contributed by atoms with Gasteiger partial charge >= 0.3 is 0 Å². The summed E-state index contributed by atoms with van der Waals surface area (Å²) in [6.07, 6.45) is 0.0681. The lowest BCUT2D eigenvalue weighted by Crippen LogP contribution is -2.44. The van der Waals surface area contributed by atoms with Gasteiger partial charge in [-0.25, -0.2) is 0 Å². The van der Waals surface area contributed by atoms with E-state index in [1.807, 2.05) is 30.3 Å². The summed E-state index contributed by atoms with van der Waals surface area (Å²) >= 11 is 7.95. The number of rotatable bonds is 7. The normalized spacial score (nSPS) is 18.1. The minimum Gasteiger partial charge on any atom is -0.496 e. The molecule has 1 aliphatic rings. The Morgan fingerprint density at radius 3 is 2.53 bits per heavy atom. The van der Waals surface area contributed by atoms with Crippen molar-refractivity contribution < 1.29 is 9.47 Å². The lowest BCUT2D eigenvalue weighted by atomic mass is 10.1. The molecule has 1 saturated heterocycles. The van der Waals surface area contributed by atoms with Gasteiger partial charge in [-0.15, -0.1) is 11.8 Å². The van der Waals surface area contributed by atoms with Crippen molar-refractivity contribution in [2.24, 2.45) is 0 Å². The van der Waals surface area contributed by atoms with E-state index in [-0.39, 0.29) is 11.4 Å². The van der Waals surface area contributed by atoms with Crippen LogP contribution in [0.4, 0.5) is 0 Å². The molecule has 3 nitrogen and oxygen atoms in total. The van der Waals surface area contributed by atoms with Crippen LogP contribution in [0.2, 0.25) is 5.02 Å². The summed E-state index contributed by atoms with van der Waals surface area (Å²) < 4.78 is 11.9. The molecule has 0 N–H and O–H groups in total. The first-order valence-electron chi connectivity index (χ1n) is 10.2. The smallest absolute Gasteiger partial charge is 0.132 e. The molecule has 0 bridgehead atoms. The minimum atomic E-state index is 0.0681. The molecule has 2 atom stereocenters. The predicted molar refractivity (Wildman–Crippen MR) is 125 cm³/mol. The maximum atomic E-state index is 6.30. The van der Waals surface area contributed by atoms with Gasteiger partial charge in [0.15, 0.2) is 0 Å². The first-order chi connectivity index (χ1) is 14.7. The van der Waals surface area contributed by atoms with Gasteiger partial charge in [0.1, 0.15) is 5.75 Å². The fourth-order valence-electron chi connectivity index (χ4n) is 3.76. The third-order valence-electron chi connectivity index (χ3n) is 5.29. The van der Waals surface area contributed by atoms with Crippen molar-refractivity contribution in [2.45, 2.75) is 22.8 Å². The van der Waals surface area contributed by atoms with E-state index in [1.54, 1.807) is 18.9 Å². The standard InChI is InChI=1S/C25H26ClNO2S/c1-28-22-9-5-6-10-24(22)30-25(20-11-13-21(26)14-12-20)23-18-27(15-16-29-23)17-19-7-3-2-4-8-19/h2-14,23,25H,15-18H2,1H3/t23?,25-/m1/s1. The van der Waals surface area contributed by atoms with Crippen molar-refractivity contribution in [1.82, 2.24) is 4.90 Å². The number of morpholine rings is 1. The van der Waals surface area contributed by atoms with Gasteiger partial charge in [-0.1, -0.05) is 66.2 Å². The van der Waals surface area contributed by atoms with Crippen LogP contribution in [-0.4, -0.2) is 37.8 Å².